The van der Waals surface area contributed by atoms with Gasteiger partial charge in [-0.15, -0.1) is 0 Å². The van der Waals surface area contributed by atoms with E-state index in [9.17, 15) is 14.4 Å². The Kier molecular flexibility index (Phi) is 3.79. The highest BCUT2D eigenvalue weighted by Gasteiger charge is 2.69. The SMILES string of the molecule is COc1ccc(CN2C(=O)[C@@H]3C(C)NC4(C(=O)Nc5ccccc54)[C@@H]3C2=O)cc1. The number of likely N-dealkylation sites (tertiary alicyclic amines) is 1. The Labute approximate surface area is 168 Å². The molecule has 29 heavy (non-hydrogen) atoms. The molecule has 2 unspecified atom stereocenters. The van der Waals surface area contributed by atoms with E-state index in [1.54, 1.807) is 19.2 Å². The first-order valence-corrected chi connectivity index (χ1v) is 9.64. The van der Waals surface area contributed by atoms with Crippen LogP contribution in [0.4, 0.5) is 5.69 Å². The molecule has 4 atom stereocenters. The van der Waals surface area contributed by atoms with Crippen LogP contribution in [0.15, 0.2) is 48.5 Å². The number of ether oxygens (including phenoxy) is 1. The lowest BCUT2D eigenvalue weighted by Crippen LogP contribution is -2.52. The van der Waals surface area contributed by atoms with E-state index in [0.29, 0.717) is 11.4 Å². The summed E-state index contributed by atoms with van der Waals surface area (Å²) in [4.78, 5) is 41.0. The third kappa shape index (κ3) is 2.31. The van der Waals surface area contributed by atoms with Gasteiger partial charge in [0.25, 0.3) is 0 Å². The Morgan fingerprint density at radius 2 is 1.76 bits per heavy atom. The van der Waals surface area contributed by atoms with Gasteiger partial charge in [0.2, 0.25) is 17.7 Å². The van der Waals surface area contributed by atoms with Gasteiger partial charge in [0, 0.05) is 17.3 Å². The number of imide groups is 1. The van der Waals surface area contributed by atoms with E-state index in [-0.39, 0.29) is 30.3 Å². The third-order valence-electron chi connectivity index (χ3n) is 6.36. The van der Waals surface area contributed by atoms with Crippen molar-refractivity contribution >= 4 is 23.4 Å². The summed E-state index contributed by atoms with van der Waals surface area (Å²) >= 11 is 0. The van der Waals surface area contributed by atoms with Crippen molar-refractivity contribution in [1.82, 2.24) is 10.2 Å². The first kappa shape index (κ1) is 17.9. The van der Waals surface area contributed by atoms with Gasteiger partial charge in [0.05, 0.1) is 25.5 Å². The molecule has 2 fully saturated rings. The first-order chi connectivity index (χ1) is 14.0. The van der Waals surface area contributed by atoms with Crippen LogP contribution in [0.25, 0.3) is 0 Å². The van der Waals surface area contributed by atoms with E-state index in [2.05, 4.69) is 10.6 Å². The van der Waals surface area contributed by atoms with E-state index in [0.717, 1.165) is 11.1 Å². The van der Waals surface area contributed by atoms with Crippen LogP contribution in [0.2, 0.25) is 0 Å². The highest BCUT2D eigenvalue weighted by molar-refractivity contribution is 6.15. The van der Waals surface area contributed by atoms with Crippen molar-refractivity contribution in [3.05, 3.63) is 59.7 Å². The fraction of sp³-hybridized carbons (Fsp3) is 0.318. The van der Waals surface area contributed by atoms with Crippen molar-refractivity contribution in [2.24, 2.45) is 11.8 Å². The van der Waals surface area contributed by atoms with Crippen molar-refractivity contribution in [3.63, 3.8) is 0 Å². The van der Waals surface area contributed by atoms with Crippen LogP contribution in [-0.2, 0) is 26.5 Å². The second-order valence-electron chi connectivity index (χ2n) is 7.85. The highest BCUT2D eigenvalue weighted by Crippen LogP contribution is 2.52. The van der Waals surface area contributed by atoms with Crippen molar-refractivity contribution in [2.45, 2.75) is 25.0 Å². The molecule has 7 heteroatoms. The van der Waals surface area contributed by atoms with Gasteiger partial charge in [-0.3, -0.25) is 24.6 Å². The number of carbonyl (C=O) groups excluding carboxylic acids is 3. The van der Waals surface area contributed by atoms with E-state index in [1.807, 2.05) is 43.3 Å². The van der Waals surface area contributed by atoms with E-state index in [1.165, 1.54) is 4.90 Å². The number of carbonyl (C=O) groups is 3. The molecule has 2 aromatic rings. The summed E-state index contributed by atoms with van der Waals surface area (Å²) in [6, 6.07) is 14.3. The molecule has 2 N–H and O–H groups in total. The Hall–Kier alpha value is -3.19. The van der Waals surface area contributed by atoms with Crippen molar-refractivity contribution in [2.75, 3.05) is 12.4 Å². The van der Waals surface area contributed by atoms with Gasteiger partial charge < -0.3 is 10.1 Å². The molecular weight excluding hydrogens is 370 g/mol. The van der Waals surface area contributed by atoms with Crippen LogP contribution in [0.5, 0.6) is 5.75 Å². The van der Waals surface area contributed by atoms with Gasteiger partial charge in [0.15, 0.2) is 0 Å². The fourth-order valence-corrected chi connectivity index (χ4v) is 5.05. The molecule has 0 aliphatic carbocycles. The monoisotopic (exact) mass is 391 g/mol. The summed E-state index contributed by atoms with van der Waals surface area (Å²) in [5, 5.41) is 6.18. The average Bonchev–Trinajstić information content (AvgIpc) is 3.28. The lowest BCUT2D eigenvalue weighted by molar-refractivity contribution is -0.143. The zero-order valence-electron chi connectivity index (χ0n) is 16.1. The van der Waals surface area contributed by atoms with Crippen LogP contribution in [0, 0.1) is 11.8 Å². The number of hydrogen-bond donors (Lipinski definition) is 2. The van der Waals surface area contributed by atoms with Gasteiger partial charge in [-0.1, -0.05) is 30.3 Å². The molecule has 0 aromatic heterocycles. The van der Waals surface area contributed by atoms with E-state index >= 15 is 0 Å². The maximum atomic E-state index is 13.4. The minimum Gasteiger partial charge on any atom is -0.497 e. The summed E-state index contributed by atoms with van der Waals surface area (Å²) in [5.41, 5.74) is 1.05. The highest BCUT2D eigenvalue weighted by atomic mass is 16.5. The summed E-state index contributed by atoms with van der Waals surface area (Å²) in [5.74, 6) is -1.43. The molecule has 0 radical (unpaired) electrons. The van der Waals surface area contributed by atoms with E-state index < -0.39 is 17.4 Å². The van der Waals surface area contributed by atoms with Crippen molar-refractivity contribution in [3.8, 4) is 5.75 Å². The van der Waals surface area contributed by atoms with Crippen LogP contribution in [0.1, 0.15) is 18.1 Å². The third-order valence-corrected chi connectivity index (χ3v) is 6.36. The number of nitrogens with zero attached hydrogens (tertiary/aromatic N) is 1. The predicted octanol–water partition coefficient (Wildman–Crippen LogP) is 1.64. The molecule has 2 aromatic carbocycles. The zero-order valence-corrected chi connectivity index (χ0v) is 16.1. The maximum Gasteiger partial charge on any atom is 0.250 e. The molecule has 3 aliphatic heterocycles. The van der Waals surface area contributed by atoms with Crippen LogP contribution in [-0.4, -0.2) is 35.8 Å². The number of rotatable bonds is 3. The van der Waals surface area contributed by atoms with Crippen LogP contribution in [0.3, 0.4) is 0 Å². The van der Waals surface area contributed by atoms with Crippen LogP contribution < -0.4 is 15.4 Å². The summed E-state index contributed by atoms with van der Waals surface area (Å²) in [6.07, 6.45) is 0. The molecule has 7 nitrogen and oxygen atoms in total. The number of nitrogens with one attached hydrogen (secondary N) is 2. The minimum absolute atomic E-state index is 0.181. The molecule has 3 heterocycles. The van der Waals surface area contributed by atoms with Crippen molar-refractivity contribution < 1.29 is 19.1 Å². The minimum atomic E-state index is -1.21. The largest absolute Gasteiger partial charge is 0.497 e. The van der Waals surface area contributed by atoms with Gasteiger partial charge in [-0.05, 0) is 30.7 Å². The first-order valence-electron chi connectivity index (χ1n) is 9.64. The summed E-state index contributed by atoms with van der Waals surface area (Å²) in [6.45, 7) is 2.05. The lowest BCUT2D eigenvalue weighted by atomic mass is 9.76. The molecule has 0 saturated carbocycles. The number of fused-ring (bicyclic) bond motifs is 4. The Morgan fingerprint density at radius 1 is 1.03 bits per heavy atom. The average molecular weight is 391 g/mol. The predicted molar refractivity (Wildman–Crippen MR) is 105 cm³/mol. The Balaban J connectivity index is 1.53. The summed E-state index contributed by atoms with van der Waals surface area (Å²) < 4.78 is 5.16. The molecular formula is C22H21N3O4. The number of para-hydroxylation sites is 1. The number of methoxy groups -OCH3 is 1. The van der Waals surface area contributed by atoms with Crippen molar-refractivity contribution in [1.29, 1.82) is 0 Å². The standard InChI is InChI=1S/C22H21N3O4/c1-12-17-18(22(24-12)15-5-3-4-6-16(15)23-21(22)28)20(27)25(19(17)26)11-13-7-9-14(29-2)10-8-13/h3-10,12,17-18,24H,11H2,1-2H3,(H,23,28)/t12?,17-,18+,22?/m1/s1. The number of benzene rings is 2. The molecule has 0 bridgehead atoms. The molecule has 2 saturated heterocycles. The smallest absolute Gasteiger partial charge is 0.250 e. The number of anilines is 1. The summed E-state index contributed by atoms with van der Waals surface area (Å²) in [7, 11) is 1.59. The zero-order chi connectivity index (χ0) is 20.3. The Morgan fingerprint density at radius 3 is 2.48 bits per heavy atom. The molecule has 3 aliphatic rings. The number of hydrogen-bond acceptors (Lipinski definition) is 5. The van der Waals surface area contributed by atoms with Gasteiger partial charge in [0.1, 0.15) is 11.3 Å². The van der Waals surface area contributed by atoms with Gasteiger partial charge in [-0.25, -0.2) is 0 Å². The maximum absolute atomic E-state index is 13.4. The molecule has 3 amide bonds. The molecule has 1 spiro atoms. The Bertz CT molecular complexity index is 1030. The number of amides is 3. The second kappa shape index (κ2) is 6.15. The van der Waals surface area contributed by atoms with E-state index in [4.69, 9.17) is 4.74 Å². The molecule has 5 rings (SSSR count). The van der Waals surface area contributed by atoms with Crippen LogP contribution >= 0.6 is 0 Å². The second-order valence-corrected chi connectivity index (χ2v) is 7.85. The molecule has 148 valence electrons. The lowest BCUT2D eigenvalue weighted by Gasteiger charge is -2.29. The van der Waals surface area contributed by atoms with Gasteiger partial charge >= 0.3 is 0 Å². The quantitative estimate of drug-likeness (QED) is 0.777. The van der Waals surface area contributed by atoms with Gasteiger partial charge in [-0.2, -0.15) is 0 Å². The fourth-order valence-electron chi connectivity index (χ4n) is 5.05. The normalized spacial score (nSPS) is 29.9. The topological polar surface area (TPSA) is 87.7 Å².